The Morgan fingerprint density at radius 2 is 1.61 bits per heavy atom. The fourth-order valence-corrected chi connectivity index (χ4v) is 3.44. The van der Waals surface area contributed by atoms with Gasteiger partial charge in [-0.2, -0.15) is 0 Å². The molecule has 0 spiro atoms. The molecule has 10 heteroatoms. The molecule has 3 rings (SSSR count). The van der Waals surface area contributed by atoms with Crippen molar-refractivity contribution in [3.8, 4) is 0 Å². The van der Waals surface area contributed by atoms with Crippen LogP contribution in [0.3, 0.4) is 0 Å². The van der Waals surface area contributed by atoms with Crippen LogP contribution in [0.25, 0.3) is 0 Å². The van der Waals surface area contributed by atoms with Crippen molar-refractivity contribution in [1.29, 1.82) is 0 Å². The van der Waals surface area contributed by atoms with Crippen molar-refractivity contribution in [3.63, 3.8) is 0 Å². The summed E-state index contributed by atoms with van der Waals surface area (Å²) < 4.78 is 5.20. The Hall–Kier alpha value is -3.79. The van der Waals surface area contributed by atoms with E-state index in [2.05, 4.69) is 21.5 Å². The lowest BCUT2D eigenvalue weighted by molar-refractivity contribution is -0.143. The number of benzene rings is 2. The van der Waals surface area contributed by atoms with Crippen LogP contribution in [0.2, 0.25) is 0 Å². The predicted octanol–water partition coefficient (Wildman–Crippen LogP) is 3.02. The van der Waals surface area contributed by atoms with E-state index in [1.807, 2.05) is 30.3 Å². The summed E-state index contributed by atoms with van der Waals surface area (Å²) in [6, 6.07) is 16.4. The molecule has 2 aromatic carbocycles. The third-order valence-electron chi connectivity index (χ3n) is 5.41. The van der Waals surface area contributed by atoms with Gasteiger partial charge in [0.15, 0.2) is 5.11 Å². The second-order valence-electron chi connectivity index (χ2n) is 8.46. The highest BCUT2D eigenvalue weighted by atomic mass is 32.1. The molecule has 36 heavy (non-hydrogen) atoms. The summed E-state index contributed by atoms with van der Waals surface area (Å²) in [5.74, 6) is -1.10. The number of carbonyl (C=O) groups excluding carboxylic acids is 4. The number of esters is 1. The molecule has 9 nitrogen and oxygen atoms in total. The number of rotatable bonds is 11. The molecule has 1 fully saturated rings. The number of hydrogen-bond donors (Lipinski definition) is 4. The number of hydrogen-bond acceptors (Lipinski definition) is 6. The van der Waals surface area contributed by atoms with Gasteiger partial charge in [-0.3, -0.25) is 30.0 Å². The van der Waals surface area contributed by atoms with Crippen LogP contribution in [0.15, 0.2) is 54.6 Å². The Bertz CT molecular complexity index is 1070. The van der Waals surface area contributed by atoms with Gasteiger partial charge in [0.05, 0.1) is 6.61 Å². The van der Waals surface area contributed by atoms with Crippen LogP contribution in [0, 0.1) is 5.92 Å². The quantitative estimate of drug-likeness (QED) is 0.158. The SMILES string of the molecule is O=C(CCCC(=O)OCCCc1ccccc1)NC(=S)NNC(=O)c1ccc(NC(=O)C2CC2)cc1. The van der Waals surface area contributed by atoms with Gasteiger partial charge in [-0.15, -0.1) is 0 Å². The molecule has 0 bridgehead atoms. The molecule has 2 aromatic rings. The van der Waals surface area contributed by atoms with Gasteiger partial charge in [0, 0.05) is 30.0 Å². The zero-order valence-corrected chi connectivity index (χ0v) is 20.7. The normalized spacial score (nSPS) is 12.2. The van der Waals surface area contributed by atoms with Gasteiger partial charge in [0.25, 0.3) is 5.91 Å². The molecule has 0 heterocycles. The molecule has 0 saturated heterocycles. The average Bonchev–Trinajstić information content (AvgIpc) is 3.72. The minimum Gasteiger partial charge on any atom is -0.466 e. The molecule has 190 valence electrons. The van der Waals surface area contributed by atoms with E-state index in [0.717, 1.165) is 25.7 Å². The smallest absolute Gasteiger partial charge is 0.305 e. The summed E-state index contributed by atoms with van der Waals surface area (Å²) in [4.78, 5) is 47.8. The number of aryl methyl sites for hydroxylation is 1. The Labute approximate surface area is 215 Å². The molecule has 1 aliphatic carbocycles. The van der Waals surface area contributed by atoms with Crippen LogP contribution >= 0.6 is 12.2 Å². The summed E-state index contributed by atoms with van der Waals surface area (Å²) in [5.41, 5.74) is 7.03. The number of ether oxygens (including phenoxy) is 1. The summed E-state index contributed by atoms with van der Waals surface area (Å²) in [6.07, 6.45) is 3.94. The van der Waals surface area contributed by atoms with Crippen molar-refractivity contribution in [1.82, 2.24) is 16.2 Å². The maximum atomic E-state index is 12.2. The Morgan fingerprint density at radius 1 is 0.889 bits per heavy atom. The molecular weight excluding hydrogens is 480 g/mol. The van der Waals surface area contributed by atoms with E-state index in [1.54, 1.807) is 24.3 Å². The predicted molar refractivity (Wildman–Crippen MR) is 139 cm³/mol. The van der Waals surface area contributed by atoms with Crippen molar-refractivity contribution in [3.05, 3.63) is 65.7 Å². The van der Waals surface area contributed by atoms with Gasteiger partial charge in [-0.1, -0.05) is 30.3 Å². The average molecular weight is 511 g/mol. The van der Waals surface area contributed by atoms with E-state index in [0.29, 0.717) is 24.3 Å². The topological polar surface area (TPSA) is 126 Å². The Balaban J connectivity index is 1.24. The first-order valence-corrected chi connectivity index (χ1v) is 12.3. The van der Waals surface area contributed by atoms with E-state index in [9.17, 15) is 19.2 Å². The minimum absolute atomic E-state index is 0.00862. The van der Waals surface area contributed by atoms with Crippen molar-refractivity contribution in [2.24, 2.45) is 5.92 Å². The monoisotopic (exact) mass is 510 g/mol. The van der Waals surface area contributed by atoms with Crippen LogP contribution in [-0.2, 0) is 25.5 Å². The van der Waals surface area contributed by atoms with Gasteiger partial charge in [0.1, 0.15) is 0 Å². The molecule has 0 unspecified atom stereocenters. The zero-order valence-electron chi connectivity index (χ0n) is 19.9. The second-order valence-corrected chi connectivity index (χ2v) is 8.87. The van der Waals surface area contributed by atoms with E-state index in [1.165, 1.54) is 5.56 Å². The van der Waals surface area contributed by atoms with Gasteiger partial charge < -0.3 is 15.4 Å². The lowest BCUT2D eigenvalue weighted by Crippen LogP contribution is -2.48. The van der Waals surface area contributed by atoms with Crippen molar-refractivity contribution >= 4 is 46.7 Å². The van der Waals surface area contributed by atoms with E-state index < -0.39 is 5.91 Å². The first-order chi connectivity index (χ1) is 17.4. The van der Waals surface area contributed by atoms with Crippen LogP contribution in [-0.4, -0.2) is 35.4 Å². The zero-order chi connectivity index (χ0) is 25.8. The second kappa shape index (κ2) is 13.9. The molecule has 1 aliphatic rings. The van der Waals surface area contributed by atoms with Crippen molar-refractivity contribution in [2.75, 3.05) is 11.9 Å². The maximum absolute atomic E-state index is 12.2. The van der Waals surface area contributed by atoms with E-state index in [-0.39, 0.29) is 41.7 Å². The number of thiocarbonyl (C=S) groups is 1. The first kappa shape index (κ1) is 26.8. The largest absolute Gasteiger partial charge is 0.466 e. The van der Waals surface area contributed by atoms with Crippen LogP contribution < -0.4 is 21.5 Å². The van der Waals surface area contributed by atoms with Crippen LogP contribution in [0.5, 0.6) is 0 Å². The third kappa shape index (κ3) is 9.83. The Morgan fingerprint density at radius 3 is 2.31 bits per heavy atom. The molecular formula is C26H30N4O5S. The number of nitrogens with one attached hydrogen (secondary N) is 4. The molecule has 0 atom stereocenters. The fourth-order valence-electron chi connectivity index (χ4n) is 3.27. The van der Waals surface area contributed by atoms with Gasteiger partial charge >= 0.3 is 5.97 Å². The van der Waals surface area contributed by atoms with E-state index >= 15 is 0 Å². The minimum atomic E-state index is -0.457. The highest BCUT2D eigenvalue weighted by Crippen LogP contribution is 2.30. The Kier molecular flexibility index (Phi) is 10.4. The summed E-state index contributed by atoms with van der Waals surface area (Å²) in [7, 11) is 0. The molecule has 0 aliphatic heterocycles. The molecule has 4 N–H and O–H groups in total. The molecule has 0 radical (unpaired) electrons. The van der Waals surface area contributed by atoms with Gasteiger partial charge in [0.2, 0.25) is 11.8 Å². The highest BCUT2D eigenvalue weighted by molar-refractivity contribution is 7.80. The number of carbonyl (C=O) groups is 4. The number of hydrazine groups is 1. The molecule has 0 aromatic heterocycles. The van der Waals surface area contributed by atoms with Crippen LogP contribution in [0.1, 0.15) is 54.4 Å². The highest BCUT2D eigenvalue weighted by Gasteiger charge is 2.29. The van der Waals surface area contributed by atoms with E-state index in [4.69, 9.17) is 17.0 Å². The first-order valence-electron chi connectivity index (χ1n) is 11.9. The maximum Gasteiger partial charge on any atom is 0.305 e. The van der Waals surface area contributed by atoms with Gasteiger partial charge in [-0.05, 0) is 74.2 Å². The van der Waals surface area contributed by atoms with Crippen molar-refractivity contribution < 1.29 is 23.9 Å². The summed E-state index contributed by atoms with van der Waals surface area (Å²) >= 11 is 5.01. The number of anilines is 1. The molecule has 1 saturated carbocycles. The van der Waals surface area contributed by atoms with Crippen LogP contribution in [0.4, 0.5) is 5.69 Å². The lowest BCUT2D eigenvalue weighted by Gasteiger charge is -2.11. The van der Waals surface area contributed by atoms with Gasteiger partial charge in [-0.25, -0.2) is 0 Å². The summed E-state index contributed by atoms with van der Waals surface area (Å²) in [6.45, 7) is 0.339. The third-order valence-corrected chi connectivity index (χ3v) is 5.61. The lowest BCUT2D eigenvalue weighted by atomic mass is 10.1. The summed E-state index contributed by atoms with van der Waals surface area (Å²) in [5, 5.41) is 5.18. The number of amides is 3. The standard InChI is InChI=1S/C26H30N4O5S/c31-22(9-4-10-23(32)35-17-5-8-18-6-2-1-3-7-18)28-26(36)30-29-25(34)20-13-15-21(16-14-20)27-24(33)19-11-12-19/h1-3,6-7,13-16,19H,4-5,8-12,17H2,(H,27,33)(H,29,34)(H2,28,30,31,36). The fraction of sp³-hybridized carbons (Fsp3) is 0.346. The van der Waals surface area contributed by atoms with Crippen molar-refractivity contribution in [2.45, 2.75) is 44.9 Å². The molecule has 3 amide bonds.